The molecule has 0 aliphatic carbocycles. The Kier molecular flexibility index (Phi) is 7.88. The third kappa shape index (κ3) is 5.86. The number of nitrogens with one attached hydrogen (secondary N) is 1. The van der Waals surface area contributed by atoms with Crippen molar-refractivity contribution in [2.45, 2.75) is 65.2 Å². The summed E-state index contributed by atoms with van der Waals surface area (Å²) in [6, 6.07) is 17.5. The van der Waals surface area contributed by atoms with Gasteiger partial charge in [-0.05, 0) is 97.7 Å². The van der Waals surface area contributed by atoms with E-state index in [4.69, 9.17) is 0 Å². The first-order valence-electron chi connectivity index (χ1n) is 13.9. The van der Waals surface area contributed by atoms with Gasteiger partial charge < -0.3 is 14.8 Å². The molecule has 8 heteroatoms. The SMILES string of the molecule is CCCN(Cc1cc(-c2ccc3nc(C)[nH]c3c2)ccc1C)C(=O)N1CCCCC1c1ccc(C(F)(F)F)cc1. The molecule has 0 saturated carbocycles. The van der Waals surface area contributed by atoms with Gasteiger partial charge in [0.05, 0.1) is 22.6 Å². The van der Waals surface area contributed by atoms with E-state index >= 15 is 0 Å². The molecule has 1 atom stereocenters. The Morgan fingerprint density at radius 1 is 1.02 bits per heavy atom. The molecule has 5 rings (SSSR count). The van der Waals surface area contributed by atoms with Crippen LogP contribution in [0.2, 0.25) is 0 Å². The van der Waals surface area contributed by atoms with E-state index < -0.39 is 11.7 Å². The maximum Gasteiger partial charge on any atom is 0.416 e. The molecule has 2 amide bonds. The molecule has 1 N–H and O–H groups in total. The van der Waals surface area contributed by atoms with Gasteiger partial charge in [-0.1, -0.05) is 37.3 Å². The first-order valence-corrected chi connectivity index (χ1v) is 13.9. The zero-order chi connectivity index (χ0) is 28.4. The minimum absolute atomic E-state index is 0.0643. The highest BCUT2D eigenvalue weighted by Gasteiger charge is 2.33. The topological polar surface area (TPSA) is 52.2 Å². The Balaban J connectivity index is 1.40. The number of carbonyl (C=O) groups is 1. The number of rotatable bonds is 6. The van der Waals surface area contributed by atoms with E-state index in [2.05, 4.69) is 54.1 Å². The lowest BCUT2D eigenvalue weighted by Crippen LogP contribution is -2.47. The summed E-state index contributed by atoms with van der Waals surface area (Å²) < 4.78 is 39.4. The number of fused-ring (bicyclic) bond motifs is 1. The molecule has 1 aliphatic rings. The molecule has 1 fully saturated rings. The summed E-state index contributed by atoms with van der Waals surface area (Å²) in [7, 11) is 0. The number of imidazole rings is 1. The summed E-state index contributed by atoms with van der Waals surface area (Å²) >= 11 is 0. The summed E-state index contributed by atoms with van der Waals surface area (Å²) in [4.78, 5) is 25.5. The van der Waals surface area contributed by atoms with Crippen LogP contribution in [0.25, 0.3) is 22.2 Å². The number of urea groups is 1. The molecular weight excluding hydrogens is 513 g/mol. The summed E-state index contributed by atoms with van der Waals surface area (Å²) in [6.45, 7) is 7.70. The predicted molar refractivity (Wildman–Crippen MR) is 152 cm³/mol. The van der Waals surface area contributed by atoms with Crippen LogP contribution in [0.1, 0.15) is 66.7 Å². The van der Waals surface area contributed by atoms with Gasteiger partial charge in [0, 0.05) is 19.6 Å². The van der Waals surface area contributed by atoms with Crippen LogP contribution in [0.5, 0.6) is 0 Å². The molecule has 5 nitrogen and oxygen atoms in total. The van der Waals surface area contributed by atoms with Crippen molar-refractivity contribution in [1.29, 1.82) is 0 Å². The van der Waals surface area contributed by atoms with Crippen LogP contribution in [0.4, 0.5) is 18.0 Å². The van der Waals surface area contributed by atoms with E-state index in [0.29, 0.717) is 19.6 Å². The number of aromatic nitrogens is 2. The van der Waals surface area contributed by atoms with Gasteiger partial charge in [0.15, 0.2) is 0 Å². The number of aryl methyl sites for hydroxylation is 2. The van der Waals surface area contributed by atoms with Crippen LogP contribution in [0, 0.1) is 13.8 Å². The van der Waals surface area contributed by atoms with Crippen molar-refractivity contribution < 1.29 is 18.0 Å². The highest BCUT2D eigenvalue weighted by molar-refractivity contribution is 5.82. The first kappa shape index (κ1) is 27.7. The molecule has 210 valence electrons. The third-order valence-electron chi connectivity index (χ3n) is 7.78. The van der Waals surface area contributed by atoms with Gasteiger partial charge in [-0.25, -0.2) is 9.78 Å². The van der Waals surface area contributed by atoms with Crippen LogP contribution >= 0.6 is 0 Å². The standard InChI is InChI=1S/C32H35F3N4O/c1-4-16-38(31(40)39-17-6-5-7-30(39)23-10-13-27(14-11-23)32(33,34)35)20-26-18-24(9-8-21(26)2)25-12-15-28-29(19-25)37-22(3)36-28/h8-15,18-19,30H,4-7,16-17,20H2,1-3H3,(H,36,37). The number of piperidine rings is 1. The van der Waals surface area contributed by atoms with E-state index in [1.54, 1.807) is 0 Å². The van der Waals surface area contributed by atoms with Crippen molar-refractivity contribution in [1.82, 2.24) is 19.8 Å². The van der Waals surface area contributed by atoms with E-state index in [9.17, 15) is 18.0 Å². The molecule has 1 aromatic heterocycles. The van der Waals surface area contributed by atoms with Crippen LogP contribution in [-0.2, 0) is 12.7 Å². The molecule has 1 saturated heterocycles. The zero-order valence-corrected chi connectivity index (χ0v) is 23.2. The number of alkyl halides is 3. The Bertz CT molecular complexity index is 1490. The van der Waals surface area contributed by atoms with Crippen LogP contribution in [0.15, 0.2) is 60.7 Å². The largest absolute Gasteiger partial charge is 0.416 e. The van der Waals surface area contributed by atoms with Gasteiger partial charge in [0.25, 0.3) is 0 Å². The monoisotopic (exact) mass is 548 g/mol. The van der Waals surface area contributed by atoms with Crippen LogP contribution in [0.3, 0.4) is 0 Å². The van der Waals surface area contributed by atoms with Gasteiger partial charge in [-0.3, -0.25) is 0 Å². The molecule has 3 aromatic carbocycles. The highest BCUT2D eigenvalue weighted by atomic mass is 19.4. The van der Waals surface area contributed by atoms with Crippen molar-refractivity contribution in [3.05, 3.63) is 88.7 Å². The molecule has 0 spiro atoms. The molecule has 0 bridgehead atoms. The van der Waals surface area contributed by atoms with E-state index in [0.717, 1.165) is 82.5 Å². The van der Waals surface area contributed by atoms with Crippen molar-refractivity contribution in [3.8, 4) is 11.1 Å². The quantitative estimate of drug-likeness (QED) is 0.263. The number of carbonyl (C=O) groups excluding carboxylic acids is 1. The number of hydrogen-bond donors (Lipinski definition) is 1. The second-order valence-corrected chi connectivity index (χ2v) is 10.7. The molecule has 4 aromatic rings. The number of likely N-dealkylation sites (tertiary alicyclic amines) is 1. The second-order valence-electron chi connectivity index (χ2n) is 10.7. The van der Waals surface area contributed by atoms with Crippen molar-refractivity contribution >= 4 is 17.1 Å². The Labute approximate surface area is 233 Å². The number of aromatic amines is 1. The van der Waals surface area contributed by atoms with Crippen LogP contribution < -0.4 is 0 Å². The number of H-pyrrole nitrogens is 1. The smallest absolute Gasteiger partial charge is 0.342 e. The third-order valence-corrected chi connectivity index (χ3v) is 7.78. The number of amides is 2. The van der Waals surface area contributed by atoms with Crippen molar-refractivity contribution in [2.75, 3.05) is 13.1 Å². The van der Waals surface area contributed by atoms with Gasteiger partial charge in [0.1, 0.15) is 5.82 Å². The highest BCUT2D eigenvalue weighted by Crippen LogP contribution is 2.35. The van der Waals surface area contributed by atoms with Crippen LogP contribution in [-0.4, -0.2) is 38.9 Å². The fourth-order valence-corrected chi connectivity index (χ4v) is 5.64. The Hall–Kier alpha value is -3.81. The van der Waals surface area contributed by atoms with Crippen molar-refractivity contribution in [2.24, 2.45) is 0 Å². The van der Waals surface area contributed by atoms with E-state index in [1.807, 2.05) is 22.8 Å². The normalized spacial score (nSPS) is 15.9. The average Bonchev–Trinajstić information content (AvgIpc) is 3.32. The average molecular weight is 549 g/mol. The molecule has 2 heterocycles. The van der Waals surface area contributed by atoms with Crippen molar-refractivity contribution in [3.63, 3.8) is 0 Å². The fourth-order valence-electron chi connectivity index (χ4n) is 5.64. The second kappa shape index (κ2) is 11.4. The van der Waals surface area contributed by atoms with E-state index in [1.165, 1.54) is 12.1 Å². The van der Waals surface area contributed by atoms with E-state index in [-0.39, 0.29) is 12.1 Å². The lowest BCUT2D eigenvalue weighted by Gasteiger charge is -2.39. The number of hydrogen-bond acceptors (Lipinski definition) is 2. The molecule has 40 heavy (non-hydrogen) atoms. The van der Waals surface area contributed by atoms with Gasteiger partial charge in [0.2, 0.25) is 0 Å². The minimum Gasteiger partial charge on any atom is -0.342 e. The summed E-state index contributed by atoms with van der Waals surface area (Å²) in [5.41, 5.74) is 6.31. The zero-order valence-electron chi connectivity index (χ0n) is 23.2. The Morgan fingerprint density at radius 3 is 2.48 bits per heavy atom. The van der Waals surface area contributed by atoms with Gasteiger partial charge in [-0.15, -0.1) is 0 Å². The molecular formula is C32H35F3N4O. The molecule has 1 aliphatic heterocycles. The number of nitrogens with zero attached hydrogens (tertiary/aromatic N) is 3. The Morgan fingerprint density at radius 2 is 1.75 bits per heavy atom. The fraction of sp³-hybridized carbons (Fsp3) is 0.375. The predicted octanol–water partition coefficient (Wildman–Crippen LogP) is 8.42. The number of benzene rings is 3. The number of halogens is 3. The van der Waals surface area contributed by atoms with Gasteiger partial charge >= 0.3 is 12.2 Å². The lowest BCUT2D eigenvalue weighted by molar-refractivity contribution is -0.137. The summed E-state index contributed by atoms with van der Waals surface area (Å²) in [5.74, 6) is 0.873. The first-order chi connectivity index (χ1) is 19.1. The molecule has 1 unspecified atom stereocenters. The summed E-state index contributed by atoms with van der Waals surface area (Å²) in [6.07, 6.45) is -1.02. The van der Waals surface area contributed by atoms with Gasteiger partial charge in [-0.2, -0.15) is 13.2 Å². The minimum atomic E-state index is -4.38. The maximum absolute atomic E-state index is 14.0. The molecule has 0 radical (unpaired) electrons. The summed E-state index contributed by atoms with van der Waals surface area (Å²) in [5, 5.41) is 0. The lowest BCUT2D eigenvalue weighted by atomic mass is 9.94. The maximum atomic E-state index is 14.0.